The number of nitrogens with zero attached hydrogens (tertiary/aromatic N) is 3. The van der Waals surface area contributed by atoms with Crippen molar-refractivity contribution in [3.8, 4) is 0 Å². The van der Waals surface area contributed by atoms with Crippen molar-refractivity contribution < 1.29 is 27.9 Å². The highest BCUT2D eigenvalue weighted by molar-refractivity contribution is 8.18. The molecule has 2 unspecified atom stereocenters. The van der Waals surface area contributed by atoms with Crippen LogP contribution in [0.1, 0.15) is 23.1 Å². The Morgan fingerprint density at radius 2 is 2.03 bits per heavy atom. The molecule has 188 valence electrons. The van der Waals surface area contributed by atoms with Crippen LogP contribution in [0.5, 0.6) is 0 Å². The number of β-amino-alcohol motifs (C(OH)–C–C–N with tert-alkyl or cyclic N) is 1. The Balaban J connectivity index is 1.36. The number of hydrogen-bond acceptors (Lipinski definition) is 6. The number of benzene rings is 2. The third kappa shape index (κ3) is 5.01. The fraction of sp³-hybridized carbons (Fsp3) is 0.292. The van der Waals surface area contributed by atoms with Crippen molar-refractivity contribution in [1.82, 2.24) is 20.0 Å². The first-order chi connectivity index (χ1) is 17.1. The summed E-state index contributed by atoms with van der Waals surface area (Å²) in [5.74, 6) is -0.397. The van der Waals surface area contributed by atoms with Gasteiger partial charge in [-0.1, -0.05) is 23.7 Å². The first-order valence-electron chi connectivity index (χ1n) is 11.1. The van der Waals surface area contributed by atoms with Crippen molar-refractivity contribution in [2.24, 2.45) is 0 Å². The number of amides is 2. The minimum Gasteiger partial charge on any atom is -0.392 e. The lowest BCUT2D eigenvalue weighted by Crippen LogP contribution is -2.39. The summed E-state index contributed by atoms with van der Waals surface area (Å²) in [5, 5.41) is 17.3. The molecule has 2 saturated heterocycles. The molecule has 7 nitrogen and oxygen atoms in total. The SMILES string of the molecule is O=C1SC(=Cc2ccc3c(cnn3Cc3ccc(Cl)cc3C(F)(F)F)c2)C(=O)N1CC1CC(O)CN1. The Morgan fingerprint density at radius 3 is 2.75 bits per heavy atom. The van der Waals surface area contributed by atoms with E-state index in [4.69, 9.17) is 11.6 Å². The number of thioether (sulfide) groups is 1. The molecule has 5 rings (SSSR count). The minimum atomic E-state index is -4.55. The second-order valence-electron chi connectivity index (χ2n) is 8.71. The van der Waals surface area contributed by atoms with Gasteiger partial charge in [0.1, 0.15) is 0 Å². The number of aliphatic hydroxyl groups excluding tert-OH is 1. The summed E-state index contributed by atoms with van der Waals surface area (Å²) >= 11 is 6.62. The standard InChI is InChI=1S/C24H20ClF3N4O3S/c25-16-3-2-14(19(7-16)24(26,27)28)11-32-20-4-1-13(5-15(20)9-30-32)6-21-22(34)31(23(35)36-21)12-17-8-18(33)10-29-17/h1-7,9,17-18,29,33H,8,10-12H2. The van der Waals surface area contributed by atoms with Crippen molar-refractivity contribution in [2.75, 3.05) is 13.1 Å². The molecule has 2 atom stereocenters. The Kier molecular flexibility index (Phi) is 6.58. The van der Waals surface area contributed by atoms with E-state index in [1.807, 2.05) is 0 Å². The van der Waals surface area contributed by atoms with E-state index in [2.05, 4.69) is 10.4 Å². The highest BCUT2D eigenvalue weighted by Gasteiger charge is 2.38. The predicted molar refractivity (Wildman–Crippen MR) is 130 cm³/mol. The van der Waals surface area contributed by atoms with Gasteiger partial charge in [-0.3, -0.25) is 19.2 Å². The van der Waals surface area contributed by atoms with Gasteiger partial charge in [0, 0.05) is 29.5 Å². The van der Waals surface area contributed by atoms with E-state index in [0.717, 1.165) is 17.8 Å². The van der Waals surface area contributed by atoms with E-state index in [-0.39, 0.29) is 39.9 Å². The molecule has 36 heavy (non-hydrogen) atoms. The Bertz CT molecular complexity index is 1390. The average Bonchev–Trinajstić information content (AvgIpc) is 3.48. The monoisotopic (exact) mass is 536 g/mol. The number of imide groups is 1. The fourth-order valence-corrected chi connectivity index (χ4v) is 5.42. The summed E-state index contributed by atoms with van der Waals surface area (Å²) in [6, 6.07) is 8.70. The third-order valence-corrected chi connectivity index (χ3v) is 7.28. The number of halogens is 4. The molecule has 2 aliphatic heterocycles. The lowest BCUT2D eigenvalue weighted by atomic mass is 10.1. The number of aliphatic hydroxyl groups is 1. The molecule has 2 N–H and O–H groups in total. The van der Waals surface area contributed by atoms with E-state index in [0.29, 0.717) is 29.4 Å². The van der Waals surface area contributed by atoms with Crippen LogP contribution < -0.4 is 5.32 Å². The number of nitrogens with one attached hydrogen (secondary N) is 1. The van der Waals surface area contributed by atoms with Gasteiger partial charge < -0.3 is 10.4 Å². The van der Waals surface area contributed by atoms with Crippen LogP contribution in [-0.4, -0.2) is 56.2 Å². The van der Waals surface area contributed by atoms with Gasteiger partial charge in [-0.15, -0.1) is 0 Å². The smallest absolute Gasteiger partial charge is 0.392 e. The lowest BCUT2D eigenvalue weighted by molar-refractivity contribution is -0.138. The second-order valence-corrected chi connectivity index (χ2v) is 10.1. The topological polar surface area (TPSA) is 87.5 Å². The zero-order valence-electron chi connectivity index (χ0n) is 18.6. The van der Waals surface area contributed by atoms with Gasteiger partial charge >= 0.3 is 6.18 Å². The van der Waals surface area contributed by atoms with E-state index < -0.39 is 23.8 Å². The van der Waals surface area contributed by atoms with Gasteiger partial charge in [0.05, 0.1) is 34.8 Å². The van der Waals surface area contributed by atoms with E-state index in [1.54, 1.807) is 30.5 Å². The number of hydrogen-bond donors (Lipinski definition) is 2. The van der Waals surface area contributed by atoms with Crippen LogP contribution in [0.15, 0.2) is 47.5 Å². The maximum atomic E-state index is 13.5. The van der Waals surface area contributed by atoms with Crippen LogP contribution in [0, 0.1) is 0 Å². The number of rotatable bonds is 5. The van der Waals surface area contributed by atoms with Gasteiger partial charge in [-0.2, -0.15) is 18.3 Å². The summed E-state index contributed by atoms with van der Waals surface area (Å²) < 4.78 is 41.9. The quantitative estimate of drug-likeness (QED) is 0.466. The van der Waals surface area contributed by atoms with Crippen molar-refractivity contribution in [1.29, 1.82) is 0 Å². The number of alkyl halides is 3. The number of carbonyl (C=O) groups is 2. The molecule has 12 heteroatoms. The highest BCUT2D eigenvalue weighted by atomic mass is 35.5. The summed E-state index contributed by atoms with van der Waals surface area (Å²) in [6.45, 7) is 0.521. The number of carbonyl (C=O) groups excluding carboxylic acids is 2. The highest BCUT2D eigenvalue weighted by Crippen LogP contribution is 2.35. The van der Waals surface area contributed by atoms with Crippen LogP contribution in [0.25, 0.3) is 17.0 Å². The van der Waals surface area contributed by atoms with Crippen molar-refractivity contribution in [3.05, 3.63) is 69.2 Å². The predicted octanol–water partition coefficient (Wildman–Crippen LogP) is 4.52. The molecular formula is C24H20ClF3N4O3S. The molecule has 0 spiro atoms. The first-order valence-corrected chi connectivity index (χ1v) is 12.3. The minimum absolute atomic E-state index is 0.00236. The van der Waals surface area contributed by atoms with Crippen LogP contribution >= 0.6 is 23.4 Å². The molecule has 2 amide bonds. The molecule has 3 heterocycles. The summed E-state index contributed by atoms with van der Waals surface area (Å²) in [5.41, 5.74) is 0.505. The van der Waals surface area contributed by atoms with E-state index in [1.165, 1.54) is 21.7 Å². The Morgan fingerprint density at radius 1 is 1.22 bits per heavy atom. The molecule has 2 aliphatic rings. The Hall–Kier alpha value is -2.86. The van der Waals surface area contributed by atoms with Crippen molar-refractivity contribution in [3.63, 3.8) is 0 Å². The summed E-state index contributed by atoms with van der Waals surface area (Å²) in [7, 11) is 0. The molecule has 2 fully saturated rings. The third-order valence-electron chi connectivity index (χ3n) is 6.14. The molecular weight excluding hydrogens is 517 g/mol. The molecule has 0 saturated carbocycles. The maximum Gasteiger partial charge on any atom is 0.416 e. The van der Waals surface area contributed by atoms with Crippen LogP contribution in [0.4, 0.5) is 18.0 Å². The maximum absolute atomic E-state index is 13.5. The number of fused-ring (bicyclic) bond motifs is 1. The lowest BCUT2D eigenvalue weighted by Gasteiger charge is -2.17. The van der Waals surface area contributed by atoms with Crippen molar-refractivity contribution >= 4 is 51.5 Å². The van der Waals surface area contributed by atoms with Crippen molar-refractivity contribution in [2.45, 2.75) is 31.3 Å². The molecule has 0 radical (unpaired) electrons. The summed E-state index contributed by atoms with van der Waals surface area (Å²) in [6.07, 6.45) is -1.41. The van der Waals surface area contributed by atoms with E-state index >= 15 is 0 Å². The molecule has 3 aromatic rings. The fourth-order valence-electron chi connectivity index (χ4n) is 4.40. The van der Waals surface area contributed by atoms with Crippen LogP contribution in [0.2, 0.25) is 5.02 Å². The van der Waals surface area contributed by atoms with Gasteiger partial charge in [-0.25, -0.2) is 0 Å². The van der Waals surface area contributed by atoms with Crippen LogP contribution in [0.3, 0.4) is 0 Å². The van der Waals surface area contributed by atoms with Crippen LogP contribution in [-0.2, 0) is 17.5 Å². The summed E-state index contributed by atoms with van der Waals surface area (Å²) in [4.78, 5) is 26.7. The number of aromatic nitrogens is 2. The molecule has 1 aromatic heterocycles. The normalized spacial score (nSPS) is 21.9. The van der Waals surface area contributed by atoms with Gasteiger partial charge in [-0.05, 0) is 59.7 Å². The second kappa shape index (κ2) is 9.55. The molecule has 2 aromatic carbocycles. The van der Waals surface area contributed by atoms with E-state index in [9.17, 15) is 27.9 Å². The van der Waals surface area contributed by atoms with Gasteiger partial charge in [0.15, 0.2) is 0 Å². The Labute approximate surface area is 212 Å². The first kappa shape index (κ1) is 24.8. The largest absolute Gasteiger partial charge is 0.416 e. The van der Waals surface area contributed by atoms with Gasteiger partial charge in [0.25, 0.3) is 11.1 Å². The zero-order valence-corrected chi connectivity index (χ0v) is 20.2. The average molecular weight is 537 g/mol. The zero-order chi connectivity index (χ0) is 25.6. The van der Waals surface area contributed by atoms with Gasteiger partial charge in [0.2, 0.25) is 0 Å². The molecule has 0 aliphatic carbocycles. The molecule has 0 bridgehead atoms.